The molecule has 2 aromatic heterocycles. The zero-order valence-electron chi connectivity index (χ0n) is 13.8. The molecule has 3 rings (SSSR count). The number of aliphatic carboxylic acids is 1. The van der Waals surface area contributed by atoms with Crippen LogP contribution in [0, 0.1) is 0 Å². The topological polar surface area (TPSA) is 71.2 Å². The quantitative estimate of drug-likeness (QED) is 0.753. The predicted molar refractivity (Wildman–Crippen MR) is 92.9 cm³/mol. The second kappa shape index (κ2) is 6.80. The molecule has 0 saturated heterocycles. The second-order valence-corrected chi connectivity index (χ2v) is 6.03. The number of rotatable bonds is 6. The fourth-order valence-corrected chi connectivity index (χ4v) is 2.70. The summed E-state index contributed by atoms with van der Waals surface area (Å²) in [5.41, 5.74) is 3.52. The number of benzene rings is 1. The van der Waals surface area contributed by atoms with E-state index in [1.807, 2.05) is 44.4 Å². The first-order valence-electron chi connectivity index (χ1n) is 7.80. The van der Waals surface area contributed by atoms with Crippen LogP contribution in [-0.4, -0.2) is 51.2 Å². The van der Waals surface area contributed by atoms with Gasteiger partial charge in [-0.05, 0) is 43.9 Å². The first-order valence-corrected chi connectivity index (χ1v) is 7.80. The molecule has 24 heavy (non-hydrogen) atoms. The summed E-state index contributed by atoms with van der Waals surface area (Å²) in [5, 5.41) is 8.98. The fourth-order valence-electron chi connectivity index (χ4n) is 2.70. The number of fused-ring (bicyclic) bond motifs is 1. The molecule has 0 saturated carbocycles. The van der Waals surface area contributed by atoms with Crippen molar-refractivity contribution in [3.63, 3.8) is 0 Å². The lowest BCUT2D eigenvalue weighted by Gasteiger charge is -2.13. The lowest BCUT2D eigenvalue weighted by Crippen LogP contribution is -2.18. The summed E-state index contributed by atoms with van der Waals surface area (Å²) in [7, 11) is 4.07. The largest absolute Gasteiger partial charge is 0.481 e. The Kier molecular flexibility index (Phi) is 4.57. The van der Waals surface area contributed by atoms with Crippen LogP contribution in [0.5, 0.6) is 0 Å². The van der Waals surface area contributed by atoms with Gasteiger partial charge in [-0.15, -0.1) is 0 Å². The molecule has 0 unspecified atom stereocenters. The molecule has 1 N–H and O–H groups in total. The molecule has 0 radical (unpaired) electrons. The number of carbonyl (C=O) groups is 1. The smallest absolute Gasteiger partial charge is 0.307 e. The van der Waals surface area contributed by atoms with E-state index in [0.717, 1.165) is 41.1 Å². The lowest BCUT2D eigenvalue weighted by atomic mass is 10.1. The average Bonchev–Trinajstić information content (AvgIpc) is 2.91. The Balaban J connectivity index is 2.10. The van der Waals surface area contributed by atoms with Crippen molar-refractivity contribution < 1.29 is 9.90 Å². The fraction of sp³-hybridized carbons (Fsp3) is 0.278. The van der Waals surface area contributed by atoms with Gasteiger partial charge in [-0.1, -0.05) is 6.07 Å². The molecular formula is C18H20N4O2. The van der Waals surface area contributed by atoms with Crippen molar-refractivity contribution in [2.45, 2.75) is 13.0 Å². The van der Waals surface area contributed by atoms with Crippen LogP contribution in [0.4, 0.5) is 0 Å². The van der Waals surface area contributed by atoms with Gasteiger partial charge >= 0.3 is 5.97 Å². The summed E-state index contributed by atoms with van der Waals surface area (Å²) in [6, 6.07) is 9.54. The van der Waals surface area contributed by atoms with Gasteiger partial charge in [0.1, 0.15) is 5.82 Å². The minimum absolute atomic E-state index is 0.00270. The number of pyridine rings is 1. The molecule has 1 aromatic carbocycles. The summed E-state index contributed by atoms with van der Waals surface area (Å²) in [5.74, 6) is 0.0151. The minimum Gasteiger partial charge on any atom is -0.481 e. The first kappa shape index (κ1) is 16.1. The summed E-state index contributed by atoms with van der Waals surface area (Å²) < 4.78 is 2.16. The van der Waals surface area contributed by atoms with Gasteiger partial charge in [0, 0.05) is 31.0 Å². The molecule has 0 atom stereocenters. The van der Waals surface area contributed by atoms with Gasteiger partial charge in [-0.2, -0.15) is 0 Å². The highest BCUT2D eigenvalue weighted by molar-refractivity contribution is 5.82. The third-order valence-electron chi connectivity index (χ3n) is 3.86. The Labute approximate surface area is 140 Å². The van der Waals surface area contributed by atoms with Gasteiger partial charge in [0.2, 0.25) is 0 Å². The van der Waals surface area contributed by atoms with Crippen molar-refractivity contribution in [1.29, 1.82) is 0 Å². The van der Waals surface area contributed by atoms with Crippen molar-refractivity contribution in [2.24, 2.45) is 0 Å². The molecule has 0 spiro atoms. The average molecular weight is 324 g/mol. The highest BCUT2D eigenvalue weighted by Gasteiger charge is 2.14. The van der Waals surface area contributed by atoms with Crippen molar-refractivity contribution in [2.75, 3.05) is 20.6 Å². The summed E-state index contributed by atoms with van der Waals surface area (Å²) in [4.78, 5) is 22.0. The van der Waals surface area contributed by atoms with Crippen LogP contribution in [0.2, 0.25) is 0 Å². The van der Waals surface area contributed by atoms with Gasteiger partial charge < -0.3 is 14.6 Å². The summed E-state index contributed by atoms with van der Waals surface area (Å²) in [6.45, 7) is 1.68. The molecular weight excluding hydrogens is 304 g/mol. The minimum atomic E-state index is -0.839. The SMILES string of the molecule is CN(C)CCn1c(-c2cccnc2)nc2cc(CC(=O)O)ccc21. The molecule has 0 amide bonds. The number of carboxylic acids is 1. The van der Waals surface area contributed by atoms with E-state index < -0.39 is 5.97 Å². The first-order chi connectivity index (χ1) is 11.5. The Morgan fingerprint density at radius 3 is 2.79 bits per heavy atom. The molecule has 0 fully saturated rings. The summed E-state index contributed by atoms with van der Waals surface area (Å²) in [6.07, 6.45) is 3.54. The Bertz CT molecular complexity index is 856. The predicted octanol–water partition coefficient (Wildman–Crippen LogP) is 2.29. The van der Waals surface area contributed by atoms with Crippen molar-refractivity contribution in [3.05, 3.63) is 48.3 Å². The third-order valence-corrected chi connectivity index (χ3v) is 3.86. The molecule has 2 heterocycles. The Hall–Kier alpha value is -2.73. The summed E-state index contributed by atoms with van der Waals surface area (Å²) >= 11 is 0. The lowest BCUT2D eigenvalue weighted by molar-refractivity contribution is -0.136. The van der Waals surface area contributed by atoms with Crippen LogP contribution in [0.25, 0.3) is 22.4 Å². The third kappa shape index (κ3) is 3.44. The number of carboxylic acid groups (broad SMARTS) is 1. The van der Waals surface area contributed by atoms with Crippen molar-refractivity contribution in [1.82, 2.24) is 19.4 Å². The van der Waals surface area contributed by atoms with E-state index in [1.165, 1.54) is 0 Å². The van der Waals surface area contributed by atoms with Gasteiger partial charge in [0.15, 0.2) is 0 Å². The van der Waals surface area contributed by atoms with Gasteiger partial charge in [-0.3, -0.25) is 9.78 Å². The van der Waals surface area contributed by atoms with Gasteiger partial charge in [-0.25, -0.2) is 4.98 Å². The zero-order chi connectivity index (χ0) is 17.1. The number of nitrogens with zero attached hydrogens (tertiary/aromatic N) is 4. The highest BCUT2D eigenvalue weighted by atomic mass is 16.4. The monoisotopic (exact) mass is 324 g/mol. The van der Waals surface area contributed by atoms with Crippen LogP contribution in [-0.2, 0) is 17.8 Å². The number of imidazole rings is 1. The highest BCUT2D eigenvalue weighted by Crippen LogP contribution is 2.25. The van der Waals surface area contributed by atoms with Crippen LogP contribution in [0.15, 0.2) is 42.7 Å². The zero-order valence-corrected chi connectivity index (χ0v) is 13.8. The maximum absolute atomic E-state index is 10.9. The molecule has 0 aliphatic heterocycles. The molecule has 0 aliphatic rings. The number of hydrogen-bond acceptors (Lipinski definition) is 4. The Morgan fingerprint density at radius 2 is 2.12 bits per heavy atom. The number of hydrogen-bond donors (Lipinski definition) is 1. The van der Waals surface area contributed by atoms with Crippen LogP contribution >= 0.6 is 0 Å². The van der Waals surface area contributed by atoms with Crippen molar-refractivity contribution >= 4 is 17.0 Å². The van der Waals surface area contributed by atoms with Crippen LogP contribution in [0.1, 0.15) is 5.56 Å². The molecule has 0 bridgehead atoms. The van der Waals surface area contributed by atoms with E-state index in [4.69, 9.17) is 10.1 Å². The molecule has 6 nitrogen and oxygen atoms in total. The number of aromatic nitrogens is 3. The van der Waals surface area contributed by atoms with E-state index in [0.29, 0.717) is 0 Å². The normalized spacial score (nSPS) is 11.3. The van der Waals surface area contributed by atoms with Crippen molar-refractivity contribution in [3.8, 4) is 11.4 Å². The molecule has 3 aromatic rings. The Morgan fingerprint density at radius 1 is 1.29 bits per heavy atom. The standard InChI is InChI=1S/C18H20N4O2/c1-21(2)8-9-22-16-6-5-13(11-17(23)24)10-15(16)20-18(22)14-4-3-7-19-12-14/h3-7,10,12H,8-9,11H2,1-2H3,(H,23,24). The molecule has 6 heteroatoms. The van der Waals surface area contributed by atoms with Gasteiger partial charge in [0.05, 0.1) is 17.5 Å². The van der Waals surface area contributed by atoms with E-state index in [9.17, 15) is 4.79 Å². The molecule has 124 valence electrons. The van der Waals surface area contributed by atoms with E-state index in [-0.39, 0.29) is 6.42 Å². The van der Waals surface area contributed by atoms with Gasteiger partial charge in [0.25, 0.3) is 0 Å². The number of likely N-dealkylation sites (N-methyl/N-ethyl adjacent to an activating group) is 1. The van der Waals surface area contributed by atoms with Crippen LogP contribution in [0.3, 0.4) is 0 Å². The maximum Gasteiger partial charge on any atom is 0.307 e. The van der Waals surface area contributed by atoms with E-state index in [2.05, 4.69) is 14.5 Å². The van der Waals surface area contributed by atoms with E-state index in [1.54, 1.807) is 12.4 Å². The maximum atomic E-state index is 10.9. The molecule has 0 aliphatic carbocycles. The second-order valence-electron chi connectivity index (χ2n) is 6.03. The van der Waals surface area contributed by atoms with E-state index >= 15 is 0 Å². The van der Waals surface area contributed by atoms with Crippen LogP contribution < -0.4 is 0 Å².